The molecule has 0 aliphatic rings. The number of nitrogens with zero attached hydrogens (tertiary/aromatic N) is 1. The average molecular weight is 338 g/mol. The van der Waals surface area contributed by atoms with Crippen LogP contribution in [0.5, 0.6) is 0 Å². The van der Waals surface area contributed by atoms with Crippen LogP contribution in [0.1, 0.15) is 25.5 Å². The first-order valence-corrected chi connectivity index (χ1v) is 8.29. The minimum atomic E-state index is -0.0423. The third-order valence-electron chi connectivity index (χ3n) is 4.09. The van der Waals surface area contributed by atoms with E-state index in [1.807, 2.05) is 49.5 Å². The van der Waals surface area contributed by atoms with Gasteiger partial charge in [0.2, 0.25) is 5.91 Å². The highest BCUT2D eigenvalue weighted by Gasteiger charge is 2.11. The molecule has 0 aliphatic heterocycles. The molecule has 3 aromatic rings. The number of carbonyl (C=O) groups excluding carboxylic acids is 1. The number of fused-ring (bicyclic) bond motifs is 1. The molecule has 0 radical (unpaired) electrons. The van der Waals surface area contributed by atoms with Gasteiger partial charge in [-0.05, 0) is 35.7 Å². The summed E-state index contributed by atoms with van der Waals surface area (Å²) in [5, 5.41) is 16.0. The molecular weight excluding hydrogens is 316 g/mol. The van der Waals surface area contributed by atoms with Crippen molar-refractivity contribution in [1.82, 2.24) is 15.3 Å². The van der Waals surface area contributed by atoms with E-state index in [0.717, 1.165) is 33.5 Å². The molecule has 3 rings (SSSR count). The van der Waals surface area contributed by atoms with Crippen molar-refractivity contribution in [3.8, 4) is 11.1 Å². The molecule has 2 heterocycles. The van der Waals surface area contributed by atoms with Gasteiger partial charge >= 0.3 is 0 Å². The number of pyridine rings is 1. The maximum Gasteiger partial charge on any atom is 0.217 e. The Kier molecular flexibility index (Phi) is 5.00. The van der Waals surface area contributed by atoms with E-state index < -0.39 is 0 Å². The molecule has 0 saturated heterocycles. The number of carbonyl (C=O) groups is 1. The fourth-order valence-corrected chi connectivity index (χ4v) is 2.89. The highest BCUT2D eigenvalue weighted by Crippen LogP contribution is 2.30. The molecule has 0 unspecified atom stereocenters. The Morgan fingerprint density at radius 3 is 2.72 bits per heavy atom. The quantitative estimate of drug-likeness (QED) is 0.556. The SMILES string of the molecule is CC(=O)N[C@H](C)c1ccc(-c2cc(NCCO)nc3[nH]ccc23)cc1. The maximum absolute atomic E-state index is 11.2. The van der Waals surface area contributed by atoms with Gasteiger partial charge in [0.15, 0.2) is 0 Å². The molecule has 0 aliphatic carbocycles. The number of aliphatic hydroxyl groups excluding tert-OH is 1. The van der Waals surface area contributed by atoms with Gasteiger partial charge in [-0.2, -0.15) is 0 Å². The first-order chi connectivity index (χ1) is 12.1. The number of hydrogen-bond acceptors (Lipinski definition) is 4. The third kappa shape index (κ3) is 3.80. The molecular formula is C19H22N4O2. The van der Waals surface area contributed by atoms with Crippen molar-refractivity contribution in [2.75, 3.05) is 18.5 Å². The second kappa shape index (κ2) is 7.36. The molecule has 1 amide bonds. The first kappa shape index (κ1) is 17.0. The van der Waals surface area contributed by atoms with Crippen LogP contribution >= 0.6 is 0 Å². The molecule has 1 atom stereocenters. The number of nitrogens with one attached hydrogen (secondary N) is 3. The number of H-pyrrole nitrogens is 1. The number of aromatic nitrogens is 2. The van der Waals surface area contributed by atoms with E-state index in [1.54, 1.807) is 0 Å². The molecule has 0 spiro atoms. The lowest BCUT2D eigenvalue weighted by Gasteiger charge is -2.14. The lowest BCUT2D eigenvalue weighted by atomic mass is 10.00. The normalized spacial score (nSPS) is 12.1. The van der Waals surface area contributed by atoms with E-state index in [4.69, 9.17) is 5.11 Å². The third-order valence-corrected chi connectivity index (χ3v) is 4.09. The molecule has 25 heavy (non-hydrogen) atoms. The number of benzene rings is 1. The second-order valence-electron chi connectivity index (χ2n) is 5.99. The van der Waals surface area contributed by atoms with Crippen LogP contribution < -0.4 is 10.6 Å². The molecule has 0 fully saturated rings. The standard InChI is InChI=1S/C19H22N4O2/c1-12(22-13(2)25)14-3-5-15(6-4-14)17-11-18(20-9-10-24)23-19-16(17)7-8-21-19/h3-8,11-12,24H,9-10H2,1-2H3,(H,22,25)(H2,20,21,23)/t12-/m1/s1. The zero-order valence-electron chi connectivity index (χ0n) is 14.3. The van der Waals surface area contributed by atoms with E-state index in [0.29, 0.717) is 6.54 Å². The number of aliphatic hydroxyl groups is 1. The lowest BCUT2D eigenvalue weighted by molar-refractivity contribution is -0.119. The summed E-state index contributed by atoms with van der Waals surface area (Å²) in [5.74, 6) is 0.675. The van der Waals surface area contributed by atoms with Crippen LogP contribution in [-0.4, -0.2) is 34.1 Å². The number of amides is 1. The minimum Gasteiger partial charge on any atom is -0.395 e. The number of hydrogen-bond donors (Lipinski definition) is 4. The van der Waals surface area contributed by atoms with Crippen LogP contribution in [0.3, 0.4) is 0 Å². The molecule has 0 bridgehead atoms. The van der Waals surface area contributed by atoms with Crippen molar-refractivity contribution in [1.29, 1.82) is 0 Å². The van der Waals surface area contributed by atoms with Crippen LogP contribution in [-0.2, 0) is 4.79 Å². The number of rotatable bonds is 6. The summed E-state index contributed by atoms with van der Waals surface area (Å²) in [7, 11) is 0. The van der Waals surface area contributed by atoms with E-state index in [2.05, 4.69) is 20.6 Å². The van der Waals surface area contributed by atoms with Gasteiger partial charge in [0.05, 0.1) is 12.6 Å². The summed E-state index contributed by atoms with van der Waals surface area (Å²) in [6.45, 7) is 3.98. The summed E-state index contributed by atoms with van der Waals surface area (Å²) in [5.41, 5.74) is 3.98. The van der Waals surface area contributed by atoms with Gasteiger partial charge in [0.25, 0.3) is 0 Å². The van der Waals surface area contributed by atoms with Gasteiger partial charge in [-0.25, -0.2) is 4.98 Å². The summed E-state index contributed by atoms with van der Waals surface area (Å²) in [6.07, 6.45) is 1.87. The van der Waals surface area contributed by atoms with Crippen LogP contribution in [0.15, 0.2) is 42.6 Å². The number of aromatic amines is 1. The minimum absolute atomic E-state index is 0.0296. The van der Waals surface area contributed by atoms with Crippen molar-refractivity contribution in [2.24, 2.45) is 0 Å². The first-order valence-electron chi connectivity index (χ1n) is 8.29. The van der Waals surface area contributed by atoms with Crippen LogP contribution in [0.25, 0.3) is 22.2 Å². The van der Waals surface area contributed by atoms with E-state index in [9.17, 15) is 4.79 Å². The van der Waals surface area contributed by atoms with Gasteiger partial charge in [-0.3, -0.25) is 4.79 Å². The van der Waals surface area contributed by atoms with Crippen LogP contribution in [0.4, 0.5) is 5.82 Å². The highest BCUT2D eigenvalue weighted by atomic mass is 16.3. The van der Waals surface area contributed by atoms with Gasteiger partial charge in [-0.15, -0.1) is 0 Å². The fraction of sp³-hybridized carbons (Fsp3) is 0.263. The Morgan fingerprint density at radius 2 is 2.04 bits per heavy atom. The maximum atomic E-state index is 11.2. The Hall–Kier alpha value is -2.86. The Morgan fingerprint density at radius 1 is 1.28 bits per heavy atom. The summed E-state index contributed by atoms with van der Waals surface area (Å²) >= 11 is 0. The summed E-state index contributed by atoms with van der Waals surface area (Å²) in [4.78, 5) is 18.9. The predicted octanol–water partition coefficient (Wildman–Crippen LogP) is 2.83. The van der Waals surface area contributed by atoms with Gasteiger partial charge < -0.3 is 20.7 Å². The Balaban J connectivity index is 1.95. The molecule has 4 N–H and O–H groups in total. The fourth-order valence-electron chi connectivity index (χ4n) is 2.89. The van der Waals surface area contributed by atoms with Crippen LogP contribution in [0, 0.1) is 0 Å². The van der Waals surface area contributed by atoms with E-state index in [1.165, 1.54) is 6.92 Å². The molecule has 130 valence electrons. The Bertz CT molecular complexity index is 871. The summed E-state index contributed by atoms with van der Waals surface area (Å²) in [6, 6.07) is 12.1. The Labute approximate surface area is 146 Å². The van der Waals surface area contributed by atoms with Crippen LogP contribution in [0.2, 0.25) is 0 Å². The number of anilines is 1. The molecule has 6 heteroatoms. The predicted molar refractivity (Wildman–Crippen MR) is 99.3 cm³/mol. The van der Waals surface area contributed by atoms with Crippen molar-refractivity contribution in [2.45, 2.75) is 19.9 Å². The average Bonchev–Trinajstić information content (AvgIpc) is 3.07. The van der Waals surface area contributed by atoms with E-state index in [-0.39, 0.29) is 18.6 Å². The van der Waals surface area contributed by atoms with Gasteiger partial charge in [0, 0.05) is 25.1 Å². The molecule has 2 aromatic heterocycles. The van der Waals surface area contributed by atoms with Crippen molar-refractivity contribution < 1.29 is 9.90 Å². The van der Waals surface area contributed by atoms with Gasteiger partial charge in [0.1, 0.15) is 11.5 Å². The monoisotopic (exact) mass is 338 g/mol. The zero-order chi connectivity index (χ0) is 17.8. The summed E-state index contributed by atoms with van der Waals surface area (Å²) < 4.78 is 0. The lowest BCUT2D eigenvalue weighted by Crippen LogP contribution is -2.23. The van der Waals surface area contributed by atoms with Gasteiger partial charge in [-0.1, -0.05) is 24.3 Å². The largest absolute Gasteiger partial charge is 0.395 e. The topological polar surface area (TPSA) is 90.0 Å². The molecule has 1 aromatic carbocycles. The second-order valence-corrected chi connectivity index (χ2v) is 5.99. The van der Waals surface area contributed by atoms with Crippen molar-refractivity contribution in [3.05, 3.63) is 48.2 Å². The van der Waals surface area contributed by atoms with Crippen molar-refractivity contribution >= 4 is 22.8 Å². The molecule has 6 nitrogen and oxygen atoms in total. The highest BCUT2D eigenvalue weighted by molar-refractivity contribution is 5.94. The zero-order valence-corrected chi connectivity index (χ0v) is 14.3. The van der Waals surface area contributed by atoms with E-state index >= 15 is 0 Å². The molecule has 0 saturated carbocycles. The van der Waals surface area contributed by atoms with Crippen molar-refractivity contribution in [3.63, 3.8) is 0 Å². The smallest absolute Gasteiger partial charge is 0.217 e.